The van der Waals surface area contributed by atoms with Crippen molar-refractivity contribution < 1.29 is 28.3 Å². The fraction of sp³-hybridized carbons (Fsp3) is 0.419. The summed E-state index contributed by atoms with van der Waals surface area (Å²) < 4.78 is 29.2. The number of aliphatic carboxylic acids is 1. The van der Waals surface area contributed by atoms with E-state index >= 15 is 0 Å². The van der Waals surface area contributed by atoms with Gasteiger partial charge in [0.25, 0.3) is 0 Å². The topological polar surface area (TPSA) is 99.6 Å². The number of piperidine rings is 1. The summed E-state index contributed by atoms with van der Waals surface area (Å²) in [6, 6.07) is 5.48. The summed E-state index contributed by atoms with van der Waals surface area (Å²) in [6.07, 6.45) is 5.77. The molecule has 0 spiro atoms. The van der Waals surface area contributed by atoms with Crippen LogP contribution in [0.3, 0.4) is 0 Å². The van der Waals surface area contributed by atoms with Crippen LogP contribution in [0.2, 0.25) is 0 Å². The van der Waals surface area contributed by atoms with Crippen molar-refractivity contribution in [2.24, 2.45) is 5.92 Å². The first-order chi connectivity index (χ1) is 18.9. The molecular weight excluding hydrogens is 516 g/mol. The monoisotopic (exact) mass is 551 g/mol. The third-order valence-corrected chi connectivity index (χ3v) is 7.69. The number of alkyl halides is 1. The Morgan fingerprint density at radius 3 is 2.60 bits per heavy atom. The molecule has 40 heavy (non-hydrogen) atoms. The second kappa shape index (κ2) is 11.7. The van der Waals surface area contributed by atoms with Crippen molar-refractivity contribution in [1.29, 1.82) is 0 Å². The Kier molecular flexibility index (Phi) is 8.51. The summed E-state index contributed by atoms with van der Waals surface area (Å²) in [4.78, 5) is 44.4. The van der Waals surface area contributed by atoms with Crippen molar-refractivity contribution in [2.75, 3.05) is 6.54 Å². The molecule has 2 amide bonds. The van der Waals surface area contributed by atoms with E-state index in [9.17, 15) is 28.3 Å². The highest BCUT2D eigenvalue weighted by molar-refractivity contribution is 5.92. The molecule has 212 valence electrons. The molecule has 4 atom stereocenters. The number of hydrogen-bond acceptors (Lipinski definition) is 4. The molecule has 0 radical (unpaired) electrons. The van der Waals surface area contributed by atoms with Crippen LogP contribution in [-0.2, 0) is 14.4 Å². The van der Waals surface area contributed by atoms with Gasteiger partial charge >= 0.3 is 5.97 Å². The second-order valence-corrected chi connectivity index (χ2v) is 11.1. The van der Waals surface area contributed by atoms with E-state index in [1.165, 1.54) is 17.2 Å². The van der Waals surface area contributed by atoms with Gasteiger partial charge in [-0.3, -0.25) is 19.4 Å². The number of likely N-dealkylation sites (tertiary alicyclic amines) is 1. The molecule has 1 saturated heterocycles. The van der Waals surface area contributed by atoms with Crippen LogP contribution in [0.1, 0.15) is 62.3 Å². The molecule has 1 aromatic carbocycles. The first kappa shape index (κ1) is 29.1. The third-order valence-electron chi connectivity index (χ3n) is 7.69. The number of pyridine rings is 1. The number of nitrogens with zero attached hydrogens (tertiary/aromatic N) is 2. The summed E-state index contributed by atoms with van der Waals surface area (Å²) >= 11 is 0. The number of carbonyl (C=O) groups is 3. The lowest BCUT2D eigenvalue weighted by atomic mass is 9.88. The Morgan fingerprint density at radius 1 is 1.25 bits per heavy atom. The van der Waals surface area contributed by atoms with Crippen molar-refractivity contribution in [3.05, 3.63) is 76.9 Å². The smallest absolute Gasteiger partial charge is 0.305 e. The largest absolute Gasteiger partial charge is 0.481 e. The zero-order valence-corrected chi connectivity index (χ0v) is 23.2. The van der Waals surface area contributed by atoms with E-state index in [1.54, 1.807) is 12.3 Å². The summed E-state index contributed by atoms with van der Waals surface area (Å²) in [7, 11) is 0. The van der Waals surface area contributed by atoms with Crippen LogP contribution in [0.5, 0.6) is 0 Å². The van der Waals surface area contributed by atoms with Gasteiger partial charge in [-0.25, -0.2) is 8.78 Å². The Bertz CT molecular complexity index is 1360. The second-order valence-electron chi connectivity index (χ2n) is 11.1. The molecule has 0 saturated carbocycles. The zero-order valence-electron chi connectivity index (χ0n) is 23.2. The van der Waals surface area contributed by atoms with E-state index < -0.39 is 41.9 Å². The lowest BCUT2D eigenvalue weighted by Gasteiger charge is -2.38. The Labute approximate surface area is 233 Å². The number of carbonyl (C=O) groups excluding carboxylic acids is 2. The van der Waals surface area contributed by atoms with Crippen LogP contribution in [0.25, 0.3) is 11.1 Å². The third kappa shape index (κ3) is 6.29. The quantitative estimate of drug-likeness (QED) is 0.449. The number of nitrogens with one attached hydrogen (secondary N) is 1. The van der Waals surface area contributed by atoms with Gasteiger partial charge in [-0.1, -0.05) is 31.2 Å². The van der Waals surface area contributed by atoms with Crippen LogP contribution < -0.4 is 5.32 Å². The number of carboxylic acids is 1. The first-order valence-electron chi connectivity index (χ1n) is 13.5. The molecule has 1 aliphatic carbocycles. The van der Waals surface area contributed by atoms with Gasteiger partial charge in [-0.15, -0.1) is 0 Å². The molecule has 1 aromatic heterocycles. The molecule has 1 aliphatic heterocycles. The molecule has 2 heterocycles. The number of rotatable bonds is 8. The Hall–Kier alpha value is -3.88. The summed E-state index contributed by atoms with van der Waals surface area (Å²) in [5.41, 5.74) is 2.23. The maximum Gasteiger partial charge on any atom is 0.305 e. The summed E-state index contributed by atoms with van der Waals surface area (Å²) in [5, 5.41) is 12.5. The van der Waals surface area contributed by atoms with Gasteiger partial charge in [-0.2, -0.15) is 0 Å². The predicted molar refractivity (Wildman–Crippen MR) is 148 cm³/mol. The number of allylic oxidation sites excluding steroid dienone is 2. The maximum absolute atomic E-state index is 14.7. The number of benzene rings is 1. The number of halogens is 2. The van der Waals surface area contributed by atoms with Crippen molar-refractivity contribution in [3.63, 3.8) is 0 Å². The SMILES string of the molecule is Cc1cccc(C)c1-c1cncc([C@H](CC(=O)O)NC(=O)[C@H](C2=CCC(C)(F)C(F)=C2)N2CC(C)CCC2=O)c1. The van der Waals surface area contributed by atoms with Gasteiger partial charge in [0.15, 0.2) is 5.67 Å². The highest BCUT2D eigenvalue weighted by Gasteiger charge is 2.40. The van der Waals surface area contributed by atoms with E-state index in [0.717, 1.165) is 35.3 Å². The van der Waals surface area contributed by atoms with Gasteiger partial charge in [0, 0.05) is 37.3 Å². The predicted octanol–water partition coefficient (Wildman–Crippen LogP) is 5.54. The Balaban J connectivity index is 1.71. The Morgan fingerprint density at radius 2 is 1.95 bits per heavy atom. The van der Waals surface area contributed by atoms with E-state index in [2.05, 4.69) is 10.3 Å². The molecule has 7 nitrogen and oxygen atoms in total. The fourth-order valence-corrected chi connectivity index (χ4v) is 5.45. The molecular formula is C31H35F2N3O4. The maximum atomic E-state index is 14.7. The van der Waals surface area contributed by atoms with E-state index in [1.807, 2.05) is 39.0 Å². The molecule has 2 aliphatic rings. The number of hydrogen-bond donors (Lipinski definition) is 2. The average Bonchev–Trinajstić information content (AvgIpc) is 2.88. The molecule has 4 rings (SSSR count). The number of aryl methyl sites for hydroxylation is 2. The molecule has 9 heteroatoms. The fourth-order valence-electron chi connectivity index (χ4n) is 5.45. The highest BCUT2D eigenvalue weighted by atomic mass is 19.2. The van der Waals surface area contributed by atoms with E-state index in [4.69, 9.17) is 0 Å². The van der Waals surface area contributed by atoms with Crippen molar-refractivity contribution >= 4 is 17.8 Å². The van der Waals surface area contributed by atoms with Crippen LogP contribution in [0.15, 0.2) is 60.2 Å². The van der Waals surface area contributed by atoms with Gasteiger partial charge in [0.1, 0.15) is 11.9 Å². The van der Waals surface area contributed by atoms with Crippen LogP contribution >= 0.6 is 0 Å². The number of aromatic nitrogens is 1. The van der Waals surface area contributed by atoms with Gasteiger partial charge < -0.3 is 15.3 Å². The van der Waals surface area contributed by atoms with E-state index in [-0.39, 0.29) is 36.8 Å². The van der Waals surface area contributed by atoms with Crippen molar-refractivity contribution in [1.82, 2.24) is 15.2 Å². The van der Waals surface area contributed by atoms with Crippen molar-refractivity contribution in [3.8, 4) is 11.1 Å². The minimum Gasteiger partial charge on any atom is -0.481 e. The molecule has 2 unspecified atom stereocenters. The van der Waals surface area contributed by atoms with Gasteiger partial charge in [0.2, 0.25) is 11.8 Å². The molecule has 2 N–H and O–H groups in total. The van der Waals surface area contributed by atoms with Crippen LogP contribution in [-0.4, -0.2) is 51.0 Å². The summed E-state index contributed by atoms with van der Waals surface area (Å²) in [6.45, 7) is 7.29. The first-order valence-corrected chi connectivity index (χ1v) is 13.5. The summed E-state index contributed by atoms with van der Waals surface area (Å²) in [5.74, 6) is -2.99. The van der Waals surface area contributed by atoms with Gasteiger partial charge in [0.05, 0.1) is 12.5 Å². The minimum atomic E-state index is -2.20. The van der Waals surface area contributed by atoms with Gasteiger partial charge in [-0.05, 0) is 73.1 Å². The zero-order chi connectivity index (χ0) is 29.2. The van der Waals surface area contributed by atoms with Crippen LogP contribution in [0.4, 0.5) is 8.78 Å². The van der Waals surface area contributed by atoms with Crippen LogP contribution in [0, 0.1) is 19.8 Å². The highest BCUT2D eigenvalue weighted by Crippen LogP contribution is 2.36. The molecule has 1 fully saturated rings. The number of carboxylic acid groups (broad SMARTS) is 1. The van der Waals surface area contributed by atoms with E-state index in [0.29, 0.717) is 12.0 Å². The average molecular weight is 552 g/mol. The van der Waals surface area contributed by atoms with Crippen molar-refractivity contribution in [2.45, 2.75) is 71.1 Å². The molecule has 0 bridgehead atoms. The standard InChI is InChI=1S/C31H35F2N3O4/c1-18-8-9-26(37)36(17-18)29(21-10-11-31(4,33)25(32)13-21)30(40)35-24(14-27(38)39)22-12-23(16-34-15-22)28-19(2)6-5-7-20(28)3/h5-7,10,12-13,15-16,18,24,29H,8-9,11,14,17H2,1-4H3,(H,35,40)(H,38,39)/t18?,24-,29-,31?/m0/s1. The lowest BCUT2D eigenvalue weighted by molar-refractivity contribution is -0.143. The normalized spacial score (nSPS) is 22.7. The number of amides is 2. The minimum absolute atomic E-state index is 0.102. The lowest BCUT2D eigenvalue weighted by Crippen LogP contribution is -2.54. The molecule has 2 aromatic rings.